The first-order valence-corrected chi connectivity index (χ1v) is 6.00. The minimum atomic E-state index is -0.850. The molecule has 1 unspecified atom stereocenters. The minimum Gasteiger partial charge on any atom is -0.496 e. The highest BCUT2D eigenvalue weighted by Gasteiger charge is 2.45. The van der Waals surface area contributed by atoms with Crippen molar-refractivity contribution in [2.45, 2.75) is 32.3 Å². The van der Waals surface area contributed by atoms with Crippen LogP contribution in [0.1, 0.15) is 29.5 Å². The summed E-state index contributed by atoms with van der Waals surface area (Å²) in [4.78, 5) is 11.0. The number of ether oxygens (including phenoxy) is 2. The Morgan fingerprint density at radius 1 is 1.50 bits per heavy atom. The molecule has 1 aromatic carbocycles. The Labute approximate surface area is 107 Å². The lowest BCUT2D eigenvalue weighted by atomic mass is 9.80. The molecule has 2 rings (SSSR count). The highest BCUT2D eigenvalue weighted by atomic mass is 16.5. The van der Waals surface area contributed by atoms with Gasteiger partial charge in [0.15, 0.2) is 0 Å². The van der Waals surface area contributed by atoms with E-state index in [-0.39, 0.29) is 6.42 Å². The molecule has 0 radical (unpaired) electrons. The van der Waals surface area contributed by atoms with Crippen LogP contribution < -0.4 is 4.74 Å². The highest BCUT2D eigenvalue weighted by molar-refractivity contribution is 5.69. The number of hydrogen-bond acceptors (Lipinski definition) is 3. The number of carboxylic acid groups (broad SMARTS) is 1. The van der Waals surface area contributed by atoms with Crippen molar-refractivity contribution in [1.82, 2.24) is 0 Å². The topological polar surface area (TPSA) is 55.8 Å². The van der Waals surface area contributed by atoms with Crippen LogP contribution in [0.5, 0.6) is 5.75 Å². The molecule has 1 aromatic rings. The minimum absolute atomic E-state index is 0.0206. The van der Waals surface area contributed by atoms with E-state index in [1.165, 1.54) is 0 Å². The zero-order valence-corrected chi connectivity index (χ0v) is 10.9. The fourth-order valence-electron chi connectivity index (χ4n) is 2.69. The second-order valence-corrected chi connectivity index (χ2v) is 4.82. The fourth-order valence-corrected chi connectivity index (χ4v) is 2.69. The number of aryl methyl sites for hydroxylation is 2. The molecule has 18 heavy (non-hydrogen) atoms. The molecular formula is C14H18O4. The van der Waals surface area contributed by atoms with Gasteiger partial charge in [-0.05, 0) is 31.0 Å². The summed E-state index contributed by atoms with van der Waals surface area (Å²) in [6.07, 6.45) is 0.701. The molecule has 1 heterocycles. The predicted octanol–water partition coefficient (Wildman–Crippen LogP) is 2.40. The summed E-state index contributed by atoms with van der Waals surface area (Å²) in [7, 11) is 1.60. The Balaban J connectivity index is 2.51. The molecule has 0 amide bonds. The van der Waals surface area contributed by atoms with Gasteiger partial charge in [-0.2, -0.15) is 0 Å². The smallest absolute Gasteiger partial charge is 0.306 e. The summed E-state index contributed by atoms with van der Waals surface area (Å²) in [6.45, 7) is 4.56. The van der Waals surface area contributed by atoms with E-state index in [0.29, 0.717) is 12.4 Å². The van der Waals surface area contributed by atoms with Crippen LogP contribution in [0, 0.1) is 13.8 Å². The van der Waals surface area contributed by atoms with Crippen LogP contribution in [0.2, 0.25) is 0 Å². The summed E-state index contributed by atoms with van der Waals surface area (Å²) >= 11 is 0. The first kappa shape index (κ1) is 12.9. The second-order valence-electron chi connectivity index (χ2n) is 4.82. The standard InChI is InChI=1S/C14H18O4/c1-9-6-10(2)13(11(7-9)17-3)14(4-5-18-14)8-12(15)16/h6-7H,4-5,8H2,1-3H3,(H,15,16). The van der Waals surface area contributed by atoms with Gasteiger partial charge in [-0.15, -0.1) is 0 Å². The van der Waals surface area contributed by atoms with Crippen molar-refractivity contribution < 1.29 is 19.4 Å². The molecule has 1 atom stereocenters. The van der Waals surface area contributed by atoms with Crippen molar-refractivity contribution >= 4 is 5.97 Å². The average Bonchev–Trinajstić information content (AvgIpc) is 2.22. The van der Waals surface area contributed by atoms with Gasteiger partial charge >= 0.3 is 5.97 Å². The van der Waals surface area contributed by atoms with E-state index in [0.717, 1.165) is 23.1 Å². The molecule has 1 N–H and O–H groups in total. The number of methoxy groups -OCH3 is 1. The third kappa shape index (κ3) is 2.08. The van der Waals surface area contributed by atoms with Gasteiger partial charge in [0.2, 0.25) is 0 Å². The molecule has 0 aliphatic carbocycles. The Morgan fingerprint density at radius 3 is 2.61 bits per heavy atom. The summed E-state index contributed by atoms with van der Waals surface area (Å²) < 4.78 is 11.0. The van der Waals surface area contributed by atoms with Crippen molar-refractivity contribution in [1.29, 1.82) is 0 Å². The van der Waals surface area contributed by atoms with E-state index in [9.17, 15) is 4.79 Å². The number of carbonyl (C=O) groups is 1. The van der Waals surface area contributed by atoms with E-state index >= 15 is 0 Å². The number of benzene rings is 1. The van der Waals surface area contributed by atoms with E-state index in [4.69, 9.17) is 14.6 Å². The zero-order chi connectivity index (χ0) is 13.3. The van der Waals surface area contributed by atoms with Crippen LogP contribution in [0.4, 0.5) is 0 Å². The lowest BCUT2D eigenvalue weighted by Crippen LogP contribution is -2.43. The van der Waals surface area contributed by atoms with Crippen LogP contribution in [0.15, 0.2) is 12.1 Å². The fraction of sp³-hybridized carbons (Fsp3) is 0.500. The van der Waals surface area contributed by atoms with E-state index in [1.807, 2.05) is 26.0 Å². The van der Waals surface area contributed by atoms with E-state index in [1.54, 1.807) is 7.11 Å². The molecule has 4 nitrogen and oxygen atoms in total. The van der Waals surface area contributed by atoms with Crippen molar-refractivity contribution in [3.05, 3.63) is 28.8 Å². The van der Waals surface area contributed by atoms with Gasteiger partial charge in [-0.1, -0.05) is 6.07 Å². The maximum Gasteiger partial charge on any atom is 0.306 e. The number of carboxylic acids is 1. The van der Waals surface area contributed by atoms with E-state index < -0.39 is 11.6 Å². The van der Waals surface area contributed by atoms with Gasteiger partial charge in [0.25, 0.3) is 0 Å². The summed E-state index contributed by atoms with van der Waals surface area (Å²) in [5, 5.41) is 9.06. The Morgan fingerprint density at radius 2 is 2.17 bits per heavy atom. The maximum absolute atomic E-state index is 11.0. The van der Waals surface area contributed by atoms with Crippen molar-refractivity contribution in [2.75, 3.05) is 13.7 Å². The first-order valence-electron chi connectivity index (χ1n) is 6.00. The summed E-state index contributed by atoms with van der Waals surface area (Å²) in [6, 6.07) is 3.96. The highest BCUT2D eigenvalue weighted by Crippen LogP contribution is 2.46. The van der Waals surface area contributed by atoms with Gasteiger partial charge in [-0.3, -0.25) is 4.79 Å². The van der Waals surface area contributed by atoms with Crippen LogP contribution in [0.25, 0.3) is 0 Å². The molecule has 1 aliphatic heterocycles. The largest absolute Gasteiger partial charge is 0.496 e. The van der Waals surface area contributed by atoms with Gasteiger partial charge in [0.1, 0.15) is 11.4 Å². The van der Waals surface area contributed by atoms with Gasteiger partial charge < -0.3 is 14.6 Å². The SMILES string of the molecule is COc1cc(C)cc(C)c1C1(CC(=O)O)CCO1. The summed E-state index contributed by atoms with van der Waals surface area (Å²) in [5.41, 5.74) is 2.28. The lowest BCUT2D eigenvalue weighted by molar-refractivity contribution is -0.176. The van der Waals surface area contributed by atoms with Crippen LogP contribution in [0.3, 0.4) is 0 Å². The van der Waals surface area contributed by atoms with Gasteiger partial charge in [0.05, 0.1) is 20.1 Å². The zero-order valence-electron chi connectivity index (χ0n) is 10.9. The van der Waals surface area contributed by atoms with Gasteiger partial charge in [0, 0.05) is 12.0 Å². The average molecular weight is 250 g/mol. The third-order valence-electron chi connectivity index (χ3n) is 3.44. The van der Waals surface area contributed by atoms with Crippen LogP contribution >= 0.6 is 0 Å². The molecule has 1 aliphatic rings. The van der Waals surface area contributed by atoms with Gasteiger partial charge in [-0.25, -0.2) is 0 Å². The number of aliphatic carboxylic acids is 1. The maximum atomic E-state index is 11.0. The molecule has 0 spiro atoms. The van der Waals surface area contributed by atoms with Crippen molar-refractivity contribution in [3.63, 3.8) is 0 Å². The number of rotatable bonds is 4. The Kier molecular flexibility index (Phi) is 3.30. The molecule has 1 fully saturated rings. The van der Waals surface area contributed by atoms with Crippen molar-refractivity contribution in [3.8, 4) is 5.75 Å². The monoisotopic (exact) mass is 250 g/mol. The van der Waals surface area contributed by atoms with Crippen LogP contribution in [-0.4, -0.2) is 24.8 Å². The first-order chi connectivity index (χ1) is 8.48. The molecule has 1 saturated heterocycles. The Hall–Kier alpha value is -1.55. The Bertz CT molecular complexity index is 475. The predicted molar refractivity (Wildman–Crippen MR) is 67.0 cm³/mol. The number of hydrogen-bond donors (Lipinski definition) is 1. The normalized spacial score (nSPS) is 22.4. The molecule has 4 heteroatoms. The molecule has 0 aromatic heterocycles. The van der Waals surface area contributed by atoms with Crippen LogP contribution in [-0.2, 0) is 15.1 Å². The molecular weight excluding hydrogens is 232 g/mol. The quantitative estimate of drug-likeness (QED) is 0.891. The molecule has 98 valence electrons. The van der Waals surface area contributed by atoms with Crippen molar-refractivity contribution in [2.24, 2.45) is 0 Å². The molecule has 0 saturated carbocycles. The van der Waals surface area contributed by atoms with E-state index in [2.05, 4.69) is 0 Å². The molecule has 0 bridgehead atoms. The second kappa shape index (κ2) is 4.61. The lowest BCUT2D eigenvalue weighted by Gasteiger charge is -2.42. The summed E-state index contributed by atoms with van der Waals surface area (Å²) in [5.74, 6) is -0.134. The third-order valence-corrected chi connectivity index (χ3v) is 3.44.